The van der Waals surface area contributed by atoms with E-state index in [-0.39, 0.29) is 12.5 Å². The van der Waals surface area contributed by atoms with Gasteiger partial charge in [-0.3, -0.25) is 10.2 Å². The summed E-state index contributed by atoms with van der Waals surface area (Å²) in [6, 6.07) is 9.49. The Balaban J connectivity index is 2.01. The largest absolute Gasteiger partial charge is 0.480 e. The van der Waals surface area contributed by atoms with Gasteiger partial charge in [0, 0.05) is 0 Å². The smallest absolute Gasteiger partial charge is 0.319 e. The Hall–Kier alpha value is -1.84. The monoisotopic (exact) mass is 247 g/mol. The quantitative estimate of drug-likeness (QED) is 0.635. The molecule has 4 heteroatoms. The van der Waals surface area contributed by atoms with Gasteiger partial charge in [0.25, 0.3) is 0 Å². The minimum absolute atomic E-state index is 0.101. The maximum Gasteiger partial charge on any atom is 0.319 e. The number of carbonyl (C=O) groups is 1. The molecule has 0 atom stereocenters. The van der Waals surface area contributed by atoms with Crippen LogP contribution in [0.3, 0.4) is 0 Å². The van der Waals surface area contributed by atoms with Crippen molar-refractivity contribution in [3.05, 3.63) is 35.9 Å². The van der Waals surface area contributed by atoms with Gasteiger partial charge in [0.2, 0.25) is 0 Å². The van der Waals surface area contributed by atoms with Gasteiger partial charge < -0.3 is 9.84 Å². The van der Waals surface area contributed by atoms with Crippen LogP contribution in [0.4, 0.5) is 0 Å². The summed E-state index contributed by atoms with van der Waals surface area (Å²) in [5.74, 6) is -1.03. The van der Waals surface area contributed by atoms with E-state index in [1.807, 2.05) is 30.3 Å². The van der Waals surface area contributed by atoms with Gasteiger partial charge in [-0.05, 0) is 18.4 Å². The fourth-order valence-electron chi connectivity index (χ4n) is 2.38. The van der Waals surface area contributed by atoms with Crippen LogP contribution in [-0.4, -0.2) is 17.0 Å². The number of benzene rings is 1. The summed E-state index contributed by atoms with van der Waals surface area (Å²) in [5, 5.41) is 17.2. The Morgan fingerprint density at radius 2 is 1.89 bits per heavy atom. The highest BCUT2D eigenvalue weighted by Crippen LogP contribution is 2.39. The van der Waals surface area contributed by atoms with E-state index in [1.165, 1.54) is 0 Å². The molecule has 0 aliphatic heterocycles. The minimum atomic E-state index is -1.09. The average molecular weight is 247 g/mol. The van der Waals surface area contributed by atoms with Crippen LogP contribution in [0, 0.1) is 10.8 Å². The van der Waals surface area contributed by atoms with Crippen molar-refractivity contribution in [3.63, 3.8) is 0 Å². The maximum absolute atomic E-state index is 11.4. The molecule has 0 bridgehead atoms. The van der Waals surface area contributed by atoms with Crippen molar-refractivity contribution in [2.45, 2.75) is 32.3 Å². The van der Waals surface area contributed by atoms with Gasteiger partial charge in [-0.1, -0.05) is 43.2 Å². The summed E-state index contributed by atoms with van der Waals surface area (Å²) in [5.41, 5.74) is -0.143. The highest BCUT2D eigenvalue weighted by molar-refractivity contribution is 6.00. The summed E-state index contributed by atoms with van der Waals surface area (Å²) in [7, 11) is 0. The molecule has 2 rings (SSSR count). The van der Waals surface area contributed by atoms with Crippen LogP contribution >= 0.6 is 0 Å². The molecule has 18 heavy (non-hydrogen) atoms. The van der Waals surface area contributed by atoms with Gasteiger partial charge in [-0.25, -0.2) is 0 Å². The van der Waals surface area contributed by atoms with E-state index in [1.54, 1.807) is 0 Å². The van der Waals surface area contributed by atoms with E-state index >= 15 is 0 Å². The first-order chi connectivity index (χ1) is 8.65. The SMILES string of the molecule is N=C(OCc1ccccc1)C1(C(=O)O)CCCC1. The summed E-state index contributed by atoms with van der Waals surface area (Å²) in [4.78, 5) is 11.4. The highest BCUT2D eigenvalue weighted by Gasteiger charge is 2.47. The first-order valence-electron chi connectivity index (χ1n) is 6.14. The molecular formula is C14H17NO3. The average Bonchev–Trinajstić information content (AvgIpc) is 2.88. The molecule has 1 fully saturated rings. The Kier molecular flexibility index (Phi) is 3.65. The Morgan fingerprint density at radius 3 is 2.44 bits per heavy atom. The van der Waals surface area contributed by atoms with Crippen LogP contribution in [0.15, 0.2) is 30.3 Å². The second-order valence-corrected chi connectivity index (χ2v) is 4.70. The predicted octanol–water partition coefficient (Wildman–Crippen LogP) is 2.83. The van der Waals surface area contributed by atoms with Gasteiger partial charge in [-0.2, -0.15) is 0 Å². The maximum atomic E-state index is 11.4. The standard InChI is InChI=1S/C14H17NO3/c15-12(14(13(16)17)8-4-5-9-14)18-10-11-6-2-1-3-7-11/h1-3,6-7,15H,4-5,8-10H2,(H,16,17). The van der Waals surface area contributed by atoms with E-state index in [0.29, 0.717) is 12.8 Å². The lowest BCUT2D eigenvalue weighted by Gasteiger charge is -2.24. The molecule has 1 aromatic rings. The number of hydrogen-bond donors (Lipinski definition) is 2. The molecule has 1 aromatic carbocycles. The molecule has 96 valence electrons. The first kappa shape index (κ1) is 12.6. The molecule has 1 saturated carbocycles. The van der Waals surface area contributed by atoms with E-state index in [2.05, 4.69) is 0 Å². The van der Waals surface area contributed by atoms with Crippen molar-refractivity contribution in [3.8, 4) is 0 Å². The van der Waals surface area contributed by atoms with E-state index in [9.17, 15) is 9.90 Å². The summed E-state index contributed by atoms with van der Waals surface area (Å²) < 4.78 is 5.38. The Labute approximate surface area is 106 Å². The fraction of sp³-hybridized carbons (Fsp3) is 0.429. The second kappa shape index (κ2) is 5.21. The van der Waals surface area contributed by atoms with Gasteiger partial charge >= 0.3 is 5.97 Å². The molecular weight excluding hydrogens is 230 g/mol. The van der Waals surface area contributed by atoms with Crippen LogP contribution in [0.25, 0.3) is 0 Å². The third kappa shape index (κ3) is 2.37. The molecule has 0 heterocycles. The normalized spacial score (nSPS) is 17.3. The van der Waals surface area contributed by atoms with Crippen LogP contribution in [-0.2, 0) is 16.1 Å². The number of ether oxygens (including phenoxy) is 1. The molecule has 0 saturated heterocycles. The zero-order chi connectivity index (χ0) is 13.0. The van der Waals surface area contributed by atoms with Crippen LogP contribution in [0.5, 0.6) is 0 Å². The van der Waals surface area contributed by atoms with Gasteiger partial charge in [0.1, 0.15) is 12.0 Å². The van der Waals surface area contributed by atoms with Gasteiger partial charge in [0.15, 0.2) is 5.90 Å². The molecule has 4 nitrogen and oxygen atoms in total. The topological polar surface area (TPSA) is 70.4 Å². The van der Waals surface area contributed by atoms with E-state index in [4.69, 9.17) is 10.1 Å². The molecule has 0 spiro atoms. The van der Waals surface area contributed by atoms with Gasteiger partial charge in [-0.15, -0.1) is 0 Å². The van der Waals surface area contributed by atoms with Gasteiger partial charge in [0.05, 0.1) is 0 Å². The zero-order valence-corrected chi connectivity index (χ0v) is 10.2. The second-order valence-electron chi connectivity index (χ2n) is 4.70. The van der Waals surface area contributed by atoms with Crippen LogP contribution < -0.4 is 0 Å². The molecule has 1 aliphatic rings. The van der Waals surface area contributed by atoms with Crippen LogP contribution in [0.1, 0.15) is 31.2 Å². The van der Waals surface area contributed by atoms with Crippen molar-refractivity contribution >= 4 is 11.9 Å². The lowest BCUT2D eigenvalue weighted by atomic mass is 9.86. The third-order valence-corrected chi connectivity index (χ3v) is 3.53. The lowest BCUT2D eigenvalue weighted by Crippen LogP contribution is -2.37. The number of carboxylic acid groups (broad SMARTS) is 1. The highest BCUT2D eigenvalue weighted by atomic mass is 16.5. The Morgan fingerprint density at radius 1 is 1.28 bits per heavy atom. The summed E-state index contributed by atoms with van der Waals surface area (Å²) in [6.45, 7) is 0.259. The number of hydrogen-bond acceptors (Lipinski definition) is 3. The Bertz CT molecular complexity index is 436. The first-order valence-corrected chi connectivity index (χ1v) is 6.14. The number of aliphatic carboxylic acids is 1. The van der Waals surface area contributed by atoms with E-state index in [0.717, 1.165) is 18.4 Å². The molecule has 0 radical (unpaired) electrons. The molecule has 1 aliphatic carbocycles. The lowest BCUT2D eigenvalue weighted by molar-refractivity contribution is -0.145. The van der Waals surface area contributed by atoms with Crippen molar-refractivity contribution < 1.29 is 14.6 Å². The number of nitrogens with one attached hydrogen (secondary N) is 1. The predicted molar refractivity (Wildman–Crippen MR) is 67.5 cm³/mol. The van der Waals surface area contributed by atoms with Crippen LogP contribution in [0.2, 0.25) is 0 Å². The summed E-state index contributed by atoms with van der Waals surface area (Å²) >= 11 is 0. The molecule has 0 unspecified atom stereocenters. The minimum Gasteiger partial charge on any atom is -0.480 e. The number of rotatable bonds is 4. The van der Waals surface area contributed by atoms with Crippen molar-refractivity contribution in [2.24, 2.45) is 5.41 Å². The molecule has 0 aromatic heterocycles. The number of carboxylic acids is 1. The van der Waals surface area contributed by atoms with Crippen molar-refractivity contribution in [1.29, 1.82) is 5.41 Å². The third-order valence-electron chi connectivity index (χ3n) is 3.53. The van der Waals surface area contributed by atoms with Crippen molar-refractivity contribution in [2.75, 3.05) is 0 Å². The van der Waals surface area contributed by atoms with E-state index < -0.39 is 11.4 Å². The molecule has 0 amide bonds. The molecule has 2 N–H and O–H groups in total. The van der Waals surface area contributed by atoms with Crippen molar-refractivity contribution in [1.82, 2.24) is 0 Å². The zero-order valence-electron chi connectivity index (χ0n) is 10.2. The summed E-state index contributed by atoms with van der Waals surface area (Å²) in [6.07, 6.45) is 2.72. The fourth-order valence-corrected chi connectivity index (χ4v) is 2.38.